The highest BCUT2D eigenvalue weighted by Crippen LogP contribution is 2.29. The van der Waals surface area contributed by atoms with E-state index in [0.29, 0.717) is 5.02 Å². The predicted octanol–water partition coefficient (Wildman–Crippen LogP) is 3.23. The fourth-order valence-electron chi connectivity index (χ4n) is 2.92. The maximum absolute atomic E-state index is 14.4. The molecule has 1 fully saturated rings. The highest BCUT2D eigenvalue weighted by Gasteiger charge is 2.36. The number of hydrogen-bond acceptors (Lipinski definition) is 6. The number of hydrogen-bond donors (Lipinski definition) is 1. The van der Waals surface area contributed by atoms with Gasteiger partial charge in [0.2, 0.25) is 5.88 Å². The summed E-state index contributed by atoms with van der Waals surface area (Å²) in [6, 6.07) is 3.31. The van der Waals surface area contributed by atoms with Gasteiger partial charge < -0.3 is 19.5 Å². The molecule has 0 bridgehead atoms. The summed E-state index contributed by atoms with van der Waals surface area (Å²) in [5.74, 6) is -2.10. The maximum Gasteiger partial charge on any atom is 0.345 e. The van der Waals surface area contributed by atoms with Gasteiger partial charge >= 0.3 is 12.6 Å². The van der Waals surface area contributed by atoms with Crippen LogP contribution in [0.5, 0.6) is 5.88 Å². The molecule has 3 rings (SSSR count). The van der Waals surface area contributed by atoms with Crippen LogP contribution < -0.4 is 9.64 Å². The summed E-state index contributed by atoms with van der Waals surface area (Å²) in [4.78, 5) is 20.2. The van der Waals surface area contributed by atoms with Gasteiger partial charge in [-0.05, 0) is 12.1 Å². The Morgan fingerprint density at radius 1 is 1.36 bits per heavy atom. The zero-order valence-electron chi connectivity index (χ0n) is 14.3. The fraction of sp³-hybridized carbons (Fsp3) is 0.353. The van der Waals surface area contributed by atoms with Gasteiger partial charge in [0.15, 0.2) is 11.6 Å². The standard InChI is InChI=1S/C17H15ClF3N3O4/c18-10-1-2-14(22-6-10)28-12-4-11(8-27-17(20)21)24(7-12)15-13(19)3-9(5-23-15)16(25)26/h1-3,5-6,11-12,17H,4,7-8H2,(H,25,26)/t11-,12-/m0/s1. The second kappa shape index (κ2) is 8.61. The minimum Gasteiger partial charge on any atom is -0.478 e. The first-order valence-corrected chi connectivity index (χ1v) is 8.54. The fourth-order valence-corrected chi connectivity index (χ4v) is 3.03. The highest BCUT2D eigenvalue weighted by molar-refractivity contribution is 6.30. The van der Waals surface area contributed by atoms with E-state index in [0.717, 1.165) is 12.3 Å². The van der Waals surface area contributed by atoms with E-state index in [1.807, 2.05) is 0 Å². The van der Waals surface area contributed by atoms with Crippen molar-refractivity contribution < 1.29 is 32.5 Å². The third kappa shape index (κ3) is 4.82. The van der Waals surface area contributed by atoms with Gasteiger partial charge in [0.1, 0.15) is 6.10 Å². The Balaban J connectivity index is 1.80. The van der Waals surface area contributed by atoms with E-state index in [9.17, 15) is 18.0 Å². The predicted molar refractivity (Wildman–Crippen MR) is 92.5 cm³/mol. The number of aromatic carboxylic acids is 1. The van der Waals surface area contributed by atoms with Crippen molar-refractivity contribution in [2.75, 3.05) is 18.1 Å². The highest BCUT2D eigenvalue weighted by atomic mass is 35.5. The van der Waals surface area contributed by atoms with Crippen molar-refractivity contribution in [2.24, 2.45) is 0 Å². The van der Waals surface area contributed by atoms with Crippen molar-refractivity contribution >= 4 is 23.4 Å². The molecule has 0 radical (unpaired) electrons. The van der Waals surface area contributed by atoms with Gasteiger partial charge in [-0.15, -0.1) is 0 Å². The van der Waals surface area contributed by atoms with E-state index < -0.39 is 30.5 Å². The largest absolute Gasteiger partial charge is 0.478 e. The lowest BCUT2D eigenvalue weighted by Crippen LogP contribution is -2.35. The molecule has 11 heteroatoms. The van der Waals surface area contributed by atoms with Crippen LogP contribution in [-0.2, 0) is 4.74 Å². The topological polar surface area (TPSA) is 84.8 Å². The van der Waals surface area contributed by atoms with Crippen molar-refractivity contribution in [1.29, 1.82) is 0 Å². The summed E-state index contributed by atoms with van der Waals surface area (Å²) in [6.07, 6.45) is 2.15. The van der Waals surface area contributed by atoms with Gasteiger partial charge in [-0.2, -0.15) is 8.78 Å². The molecule has 1 aliphatic rings. The molecule has 0 saturated carbocycles. The number of carboxylic acid groups (broad SMARTS) is 1. The smallest absolute Gasteiger partial charge is 0.345 e. The Morgan fingerprint density at radius 2 is 2.14 bits per heavy atom. The molecule has 0 aliphatic carbocycles. The molecular weight excluding hydrogens is 403 g/mol. The number of nitrogens with zero attached hydrogens (tertiary/aromatic N) is 3. The van der Waals surface area contributed by atoms with Crippen LogP contribution in [0.4, 0.5) is 19.0 Å². The Labute approximate surface area is 162 Å². The zero-order valence-corrected chi connectivity index (χ0v) is 15.0. The van der Waals surface area contributed by atoms with Crippen LogP contribution >= 0.6 is 11.6 Å². The van der Waals surface area contributed by atoms with Gasteiger partial charge in [0.05, 0.1) is 29.8 Å². The molecule has 0 spiro atoms. The van der Waals surface area contributed by atoms with Crippen LogP contribution in [0.2, 0.25) is 5.02 Å². The molecular formula is C17H15ClF3N3O4. The molecule has 150 valence electrons. The van der Waals surface area contributed by atoms with Crippen LogP contribution in [0.15, 0.2) is 30.6 Å². The molecule has 7 nitrogen and oxygen atoms in total. The van der Waals surface area contributed by atoms with Crippen LogP contribution in [-0.4, -0.2) is 53.0 Å². The Kier molecular flexibility index (Phi) is 6.20. The SMILES string of the molecule is O=C(O)c1cnc(N2C[C@@H](Oc3ccc(Cl)cn3)C[C@H]2COC(F)F)c(F)c1. The Hall–Kier alpha value is -2.59. The molecule has 2 aromatic rings. The van der Waals surface area contributed by atoms with Crippen LogP contribution in [0.3, 0.4) is 0 Å². The second-order valence-corrected chi connectivity index (χ2v) is 6.46. The van der Waals surface area contributed by atoms with Crippen molar-refractivity contribution in [2.45, 2.75) is 25.2 Å². The molecule has 0 amide bonds. The summed E-state index contributed by atoms with van der Waals surface area (Å²) in [7, 11) is 0. The van der Waals surface area contributed by atoms with Gasteiger partial charge in [0.25, 0.3) is 0 Å². The number of carboxylic acids is 1. The van der Waals surface area contributed by atoms with Crippen molar-refractivity contribution in [3.63, 3.8) is 0 Å². The van der Waals surface area contributed by atoms with Crippen LogP contribution in [0, 0.1) is 5.82 Å². The van der Waals surface area contributed by atoms with Gasteiger partial charge in [-0.3, -0.25) is 0 Å². The Morgan fingerprint density at radius 3 is 2.75 bits per heavy atom. The molecule has 28 heavy (non-hydrogen) atoms. The number of ether oxygens (including phenoxy) is 2. The van der Waals surface area contributed by atoms with E-state index >= 15 is 0 Å². The number of alkyl halides is 2. The van der Waals surface area contributed by atoms with E-state index in [4.69, 9.17) is 21.4 Å². The van der Waals surface area contributed by atoms with Crippen LogP contribution in [0.1, 0.15) is 16.8 Å². The lowest BCUT2D eigenvalue weighted by atomic mass is 10.2. The number of pyridine rings is 2. The lowest BCUT2D eigenvalue weighted by molar-refractivity contribution is -0.131. The molecule has 0 unspecified atom stereocenters. The molecule has 3 heterocycles. The van der Waals surface area contributed by atoms with Crippen LogP contribution in [0.25, 0.3) is 0 Å². The summed E-state index contributed by atoms with van der Waals surface area (Å²) in [5, 5.41) is 9.35. The lowest BCUT2D eigenvalue weighted by Gasteiger charge is -2.25. The first-order valence-electron chi connectivity index (χ1n) is 8.17. The number of anilines is 1. The summed E-state index contributed by atoms with van der Waals surface area (Å²) >= 11 is 5.77. The van der Waals surface area contributed by atoms with Crippen molar-refractivity contribution in [3.05, 3.63) is 47.0 Å². The minimum atomic E-state index is -2.98. The van der Waals surface area contributed by atoms with E-state index in [1.54, 1.807) is 12.1 Å². The first kappa shape index (κ1) is 20.2. The monoisotopic (exact) mass is 417 g/mol. The normalized spacial score (nSPS) is 19.2. The second-order valence-electron chi connectivity index (χ2n) is 6.02. The number of aromatic nitrogens is 2. The third-order valence-corrected chi connectivity index (χ3v) is 4.34. The quantitative estimate of drug-likeness (QED) is 0.740. The first-order chi connectivity index (χ1) is 13.3. The minimum absolute atomic E-state index is 0.123. The number of carbonyl (C=O) groups is 1. The molecule has 2 atom stereocenters. The van der Waals surface area contributed by atoms with Gasteiger partial charge in [-0.1, -0.05) is 11.6 Å². The van der Waals surface area contributed by atoms with Crippen molar-refractivity contribution in [3.8, 4) is 5.88 Å². The average Bonchev–Trinajstić information content (AvgIpc) is 3.04. The van der Waals surface area contributed by atoms with E-state index in [1.165, 1.54) is 11.1 Å². The molecule has 1 N–H and O–H groups in total. The number of halogens is 4. The van der Waals surface area contributed by atoms with E-state index in [2.05, 4.69) is 14.7 Å². The van der Waals surface area contributed by atoms with Gasteiger partial charge in [0, 0.05) is 24.9 Å². The summed E-state index contributed by atoms with van der Waals surface area (Å²) < 4.78 is 49.5. The van der Waals surface area contributed by atoms with Crippen molar-refractivity contribution in [1.82, 2.24) is 9.97 Å². The molecule has 1 aliphatic heterocycles. The summed E-state index contributed by atoms with van der Waals surface area (Å²) in [6.45, 7) is -3.24. The van der Waals surface area contributed by atoms with Gasteiger partial charge in [-0.25, -0.2) is 19.2 Å². The molecule has 2 aromatic heterocycles. The Bertz CT molecular complexity index is 841. The third-order valence-electron chi connectivity index (χ3n) is 4.12. The maximum atomic E-state index is 14.4. The average molecular weight is 418 g/mol. The summed E-state index contributed by atoms with van der Waals surface area (Å²) in [5.41, 5.74) is -0.320. The zero-order chi connectivity index (χ0) is 20.3. The number of rotatable bonds is 7. The van der Waals surface area contributed by atoms with E-state index in [-0.39, 0.29) is 36.8 Å². The molecule has 1 saturated heterocycles. The molecule has 0 aromatic carbocycles.